The van der Waals surface area contributed by atoms with E-state index in [4.69, 9.17) is 0 Å². The lowest BCUT2D eigenvalue weighted by molar-refractivity contribution is 0.216. The van der Waals surface area contributed by atoms with Crippen molar-refractivity contribution in [2.75, 3.05) is 19.7 Å². The molecule has 1 fully saturated rings. The predicted octanol–water partition coefficient (Wildman–Crippen LogP) is 2.28. The van der Waals surface area contributed by atoms with Crippen LogP contribution in [0, 0.1) is 5.41 Å². The van der Waals surface area contributed by atoms with Crippen molar-refractivity contribution in [3.05, 3.63) is 0 Å². The average molecular weight is 269 g/mol. The molecule has 1 aliphatic carbocycles. The number of unbranched alkanes of at least 4 members (excludes halogenated alkanes) is 2. The van der Waals surface area contributed by atoms with Crippen LogP contribution in [0.25, 0.3) is 0 Å². The highest BCUT2D eigenvalue weighted by Crippen LogP contribution is 2.45. The van der Waals surface area contributed by atoms with E-state index in [9.17, 15) is 5.11 Å². The van der Waals surface area contributed by atoms with Crippen molar-refractivity contribution in [1.82, 2.24) is 10.6 Å². The van der Waals surface area contributed by atoms with Gasteiger partial charge in [-0.2, -0.15) is 0 Å². The molecule has 4 nitrogen and oxygen atoms in total. The molecule has 0 aliphatic heterocycles. The molecule has 0 radical (unpaired) electrons. The summed E-state index contributed by atoms with van der Waals surface area (Å²) in [6, 6.07) is 0.452. The van der Waals surface area contributed by atoms with Crippen molar-refractivity contribution in [3.8, 4) is 0 Å². The second-order valence-corrected chi connectivity index (χ2v) is 5.89. The number of nitrogens with one attached hydrogen (secondary N) is 2. The number of aliphatic imine (C=N–C) groups is 1. The Morgan fingerprint density at radius 3 is 2.58 bits per heavy atom. The number of hydrogen-bond acceptors (Lipinski definition) is 2. The Morgan fingerprint density at radius 2 is 2.05 bits per heavy atom. The lowest BCUT2D eigenvalue weighted by atomic mass is 10.1. The third-order valence-corrected chi connectivity index (χ3v) is 3.83. The zero-order chi connectivity index (χ0) is 14.1. The van der Waals surface area contributed by atoms with Crippen LogP contribution in [0.5, 0.6) is 0 Å². The first-order valence-corrected chi connectivity index (χ1v) is 7.81. The summed E-state index contributed by atoms with van der Waals surface area (Å²) in [5.41, 5.74) is 0.0911. The summed E-state index contributed by atoms with van der Waals surface area (Å²) in [5.74, 6) is 0.895. The zero-order valence-corrected chi connectivity index (χ0v) is 12.8. The maximum atomic E-state index is 9.31. The van der Waals surface area contributed by atoms with E-state index in [-0.39, 0.29) is 12.0 Å². The maximum Gasteiger partial charge on any atom is 0.191 e. The van der Waals surface area contributed by atoms with Gasteiger partial charge in [0.1, 0.15) is 0 Å². The number of rotatable bonds is 9. The Bertz CT molecular complexity index is 275. The van der Waals surface area contributed by atoms with E-state index < -0.39 is 0 Å². The van der Waals surface area contributed by atoms with Gasteiger partial charge in [-0.05, 0) is 33.1 Å². The quantitative estimate of drug-likeness (QED) is 0.342. The van der Waals surface area contributed by atoms with E-state index in [1.54, 1.807) is 0 Å². The number of hydrogen-bond donors (Lipinski definition) is 3. The topological polar surface area (TPSA) is 56.7 Å². The van der Waals surface area contributed by atoms with Crippen LogP contribution in [0.2, 0.25) is 0 Å². The number of aliphatic hydroxyl groups is 1. The fourth-order valence-electron chi connectivity index (χ4n) is 2.12. The van der Waals surface area contributed by atoms with Crippen LogP contribution < -0.4 is 10.6 Å². The number of aliphatic hydroxyl groups excluding tert-OH is 1. The van der Waals surface area contributed by atoms with E-state index >= 15 is 0 Å². The minimum Gasteiger partial charge on any atom is -0.396 e. The van der Waals surface area contributed by atoms with Gasteiger partial charge in [-0.25, -0.2) is 0 Å². The molecule has 1 aliphatic rings. The van der Waals surface area contributed by atoms with Gasteiger partial charge >= 0.3 is 0 Å². The maximum absolute atomic E-state index is 9.31. The molecule has 1 rings (SSSR count). The van der Waals surface area contributed by atoms with Crippen LogP contribution in [0.3, 0.4) is 0 Å². The summed E-state index contributed by atoms with van der Waals surface area (Å²) < 4.78 is 0. The standard InChI is InChI=1S/C15H31N3O/c1-4-6-7-8-13(3)18-14(16-5-2)17-11-15(12-19)9-10-15/h13,19H,4-12H2,1-3H3,(H2,16,17,18). The van der Waals surface area contributed by atoms with Crippen LogP contribution in [0.1, 0.15) is 59.3 Å². The van der Waals surface area contributed by atoms with E-state index in [1.807, 2.05) is 0 Å². The summed E-state index contributed by atoms with van der Waals surface area (Å²) in [5, 5.41) is 16.1. The minimum atomic E-state index is 0.0911. The monoisotopic (exact) mass is 269 g/mol. The highest BCUT2D eigenvalue weighted by molar-refractivity contribution is 5.80. The summed E-state index contributed by atoms with van der Waals surface area (Å²) >= 11 is 0. The Hall–Kier alpha value is -0.770. The fraction of sp³-hybridized carbons (Fsp3) is 0.933. The van der Waals surface area contributed by atoms with Crippen LogP contribution in [-0.4, -0.2) is 36.8 Å². The molecule has 4 heteroatoms. The SMILES string of the molecule is CCCCCC(C)NC(=NCC1(CO)CC1)NCC. The molecule has 0 bridgehead atoms. The second-order valence-electron chi connectivity index (χ2n) is 5.89. The first kappa shape index (κ1) is 16.3. The predicted molar refractivity (Wildman–Crippen MR) is 81.5 cm³/mol. The molecular weight excluding hydrogens is 238 g/mol. The van der Waals surface area contributed by atoms with Gasteiger partial charge in [0.05, 0.1) is 13.2 Å². The highest BCUT2D eigenvalue weighted by Gasteiger charge is 2.41. The van der Waals surface area contributed by atoms with Crippen molar-refractivity contribution in [2.45, 2.75) is 65.3 Å². The molecule has 0 heterocycles. The van der Waals surface area contributed by atoms with Gasteiger partial charge in [-0.3, -0.25) is 4.99 Å². The number of guanidine groups is 1. The van der Waals surface area contributed by atoms with Gasteiger partial charge in [0.2, 0.25) is 0 Å². The molecule has 0 aromatic carbocycles. The summed E-state index contributed by atoms with van der Waals surface area (Å²) in [6.07, 6.45) is 7.23. The largest absolute Gasteiger partial charge is 0.396 e. The third kappa shape index (κ3) is 6.28. The van der Waals surface area contributed by atoms with Gasteiger partial charge in [-0.15, -0.1) is 0 Å². The summed E-state index contributed by atoms with van der Waals surface area (Å²) in [7, 11) is 0. The van der Waals surface area contributed by atoms with Gasteiger partial charge in [0, 0.05) is 18.0 Å². The van der Waals surface area contributed by atoms with Crippen molar-refractivity contribution < 1.29 is 5.11 Å². The first-order chi connectivity index (χ1) is 9.15. The first-order valence-electron chi connectivity index (χ1n) is 7.81. The summed E-state index contributed by atoms with van der Waals surface area (Å²) in [4.78, 5) is 4.62. The molecule has 0 aromatic rings. The van der Waals surface area contributed by atoms with Crippen LogP contribution in [-0.2, 0) is 0 Å². The zero-order valence-electron chi connectivity index (χ0n) is 12.8. The number of nitrogens with zero attached hydrogens (tertiary/aromatic N) is 1. The van der Waals surface area contributed by atoms with E-state index in [0.29, 0.717) is 6.04 Å². The molecule has 19 heavy (non-hydrogen) atoms. The van der Waals surface area contributed by atoms with Crippen LogP contribution in [0.15, 0.2) is 4.99 Å². The molecule has 1 atom stereocenters. The fourth-order valence-corrected chi connectivity index (χ4v) is 2.12. The lowest BCUT2D eigenvalue weighted by Gasteiger charge is -2.18. The van der Waals surface area contributed by atoms with E-state index in [0.717, 1.165) is 31.9 Å². The lowest BCUT2D eigenvalue weighted by Crippen LogP contribution is -2.42. The normalized spacial score (nSPS) is 19.1. The molecule has 1 saturated carbocycles. The van der Waals surface area contributed by atoms with Crippen LogP contribution >= 0.6 is 0 Å². The average Bonchev–Trinajstić information content (AvgIpc) is 3.17. The van der Waals surface area contributed by atoms with Gasteiger partial charge < -0.3 is 15.7 Å². The minimum absolute atomic E-state index is 0.0911. The third-order valence-electron chi connectivity index (χ3n) is 3.83. The Labute approximate surface area is 118 Å². The smallest absolute Gasteiger partial charge is 0.191 e. The van der Waals surface area contributed by atoms with Crippen molar-refractivity contribution in [1.29, 1.82) is 0 Å². The van der Waals surface area contributed by atoms with Crippen molar-refractivity contribution in [3.63, 3.8) is 0 Å². The Morgan fingerprint density at radius 1 is 1.32 bits per heavy atom. The Kier molecular flexibility index (Phi) is 7.21. The Balaban J connectivity index is 2.36. The molecule has 0 aromatic heterocycles. The summed E-state index contributed by atoms with van der Waals surface area (Å²) in [6.45, 7) is 8.40. The molecule has 3 N–H and O–H groups in total. The van der Waals surface area contributed by atoms with Crippen molar-refractivity contribution >= 4 is 5.96 Å². The molecule has 1 unspecified atom stereocenters. The molecular formula is C15H31N3O. The van der Waals surface area contributed by atoms with Gasteiger partial charge in [-0.1, -0.05) is 26.2 Å². The van der Waals surface area contributed by atoms with E-state index in [2.05, 4.69) is 36.4 Å². The molecule has 0 saturated heterocycles. The van der Waals surface area contributed by atoms with E-state index in [1.165, 1.54) is 25.7 Å². The molecule has 112 valence electrons. The molecule has 0 amide bonds. The van der Waals surface area contributed by atoms with Crippen LogP contribution in [0.4, 0.5) is 0 Å². The van der Waals surface area contributed by atoms with Gasteiger partial charge in [0.25, 0.3) is 0 Å². The second kappa shape index (κ2) is 8.41. The highest BCUT2D eigenvalue weighted by atomic mass is 16.3. The molecule has 0 spiro atoms. The van der Waals surface area contributed by atoms with Crippen molar-refractivity contribution in [2.24, 2.45) is 10.4 Å². The van der Waals surface area contributed by atoms with Gasteiger partial charge in [0.15, 0.2) is 5.96 Å².